The number of carbonyl (C=O) groups is 1. The average Bonchev–Trinajstić information content (AvgIpc) is 2.41. The molecule has 0 amide bonds. The Kier molecular flexibility index (Phi) is 2.98. The van der Waals surface area contributed by atoms with Crippen molar-refractivity contribution in [1.82, 2.24) is 0 Å². The van der Waals surface area contributed by atoms with Gasteiger partial charge < -0.3 is 5.11 Å². The third-order valence-corrected chi connectivity index (χ3v) is 6.25. The summed E-state index contributed by atoms with van der Waals surface area (Å²) in [6.45, 7) is 4.88. The van der Waals surface area contributed by atoms with Crippen LogP contribution >= 0.6 is 0 Å². The molecule has 4 aliphatic carbocycles. The molecule has 0 saturated heterocycles. The third kappa shape index (κ3) is 2.47. The van der Waals surface area contributed by atoms with Crippen molar-refractivity contribution in [3.8, 4) is 11.8 Å². The van der Waals surface area contributed by atoms with Crippen LogP contribution in [0.2, 0.25) is 0 Å². The summed E-state index contributed by atoms with van der Waals surface area (Å²) in [5, 5.41) is 9.34. The average molecular weight is 308 g/mol. The van der Waals surface area contributed by atoms with Gasteiger partial charge in [-0.15, -0.1) is 0 Å². The highest BCUT2D eigenvalue weighted by atomic mass is 16.4. The summed E-state index contributed by atoms with van der Waals surface area (Å²) in [5.74, 6) is 6.75. The highest BCUT2D eigenvalue weighted by molar-refractivity contribution is 5.90. The van der Waals surface area contributed by atoms with Crippen LogP contribution in [0.1, 0.15) is 68.3 Å². The van der Waals surface area contributed by atoms with Crippen LogP contribution < -0.4 is 0 Å². The molecule has 1 aromatic rings. The van der Waals surface area contributed by atoms with Gasteiger partial charge in [-0.05, 0) is 67.4 Å². The molecule has 0 aliphatic heterocycles. The molecule has 0 spiro atoms. The van der Waals surface area contributed by atoms with Crippen molar-refractivity contribution >= 4 is 5.97 Å². The van der Waals surface area contributed by atoms with Crippen LogP contribution in [0, 0.1) is 34.0 Å². The summed E-state index contributed by atoms with van der Waals surface area (Å²) in [7, 11) is 0. The van der Waals surface area contributed by atoms with E-state index in [1.807, 2.05) is 12.1 Å². The lowest BCUT2D eigenvalue weighted by atomic mass is 9.40. The number of carboxylic acid groups (broad SMARTS) is 1. The van der Waals surface area contributed by atoms with Crippen LogP contribution in [-0.2, 0) is 0 Å². The Morgan fingerprint density at radius 1 is 1.09 bits per heavy atom. The second kappa shape index (κ2) is 4.63. The SMILES string of the molecule is CC12CC3CC(C)(C1)CC(C#Cc1ccccc1C(=O)O)(C3)C2. The molecule has 23 heavy (non-hydrogen) atoms. The second-order valence-corrected chi connectivity index (χ2v) is 9.01. The van der Waals surface area contributed by atoms with Gasteiger partial charge in [0.05, 0.1) is 5.56 Å². The topological polar surface area (TPSA) is 37.3 Å². The Morgan fingerprint density at radius 2 is 1.74 bits per heavy atom. The molecular formula is C21H24O2. The van der Waals surface area contributed by atoms with Gasteiger partial charge in [-0.1, -0.05) is 37.8 Å². The highest BCUT2D eigenvalue weighted by Gasteiger charge is 2.59. The van der Waals surface area contributed by atoms with Crippen molar-refractivity contribution in [2.75, 3.05) is 0 Å². The predicted molar refractivity (Wildman–Crippen MR) is 90.1 cm³/mol. The van der Waals surface area contributed by atoms with Gasteiger partial charge in [-0.2, -0.15) is 0 Å². The third-order valence-electron chi connectivity index (χ3n) is 6.25. The zero-order valence-corrected chi connectivity index (χ0v) is 14.0. The molecule has 2 atom stereocenters. The molecule has 5 rings (SSSR count). The first kappa shape index (κ1) is 14.8. The van der Waals surface area contributed by atoms with Crippen LogP contribution in [0.5, 0.6) is 0 Å². The Hall–Kier alpha value is -1.75. The van der Waals surface area contributed by atoms with Gasteiger partial charge in [0.25, 0.3) is 0 Å². The lowest BCUT2D eigenvalue weighted by molar-refractivity contribution is -0.120. The standard InChI is InChI=1S/C21H24O2/c1-19-9-15-10-20(2,12-19)14-21(11-15,13-19)8-7-16-5-3-4-6-17(16)18(22)23/h3-6,15H,9-14H2,1-2H3,(H,22,23). The van der Waals surface area contributed by atoms with E-state index in [0.29, 0.717) is 22.0 Å². The second-order valence-electron chi connectivity index (χ2n) is 9.01. The van der Waals surface area contributed by atoms with Gasteiger partial charge in [0, 0.05) is 11.0 Å². The molecule has 1 aromatic carbocycles. The van der Waals surface area contributed by atoms with Crippen LogP contribution in [-0.4, -0.2) is 11.1 Å². The monoisotopic (exact) mass is 308 g/mol. The van der Waals surface area contributed by atoms with Crippen molar-refractivity contribution < 1.29 is 9.90 Å². The van der Waals surface area contributed by atoms with E-state index in [1.54, 1.807) is 12.1 Å². The van der Waals surface area contributed by atoms with E-state index < -0.39 is 5.97 Å². The molecule has 120 valence electrons. The number of hydrogen-bond donors (Lipinski definition) is 1. The molecule has 2 nitrogen and oxygen atoms in total. The fraction of sp³-hybridized carbons (Fsp3) is 0.571. The maximum atomic E-state index is 11.4. The molecule has 2 heteroatoms. The number of aromatic carboxylic acids is 1. The number of hydrogen-bond acceptors (Lipinski definition) is 1. The largest absolute Gasteiger partial charge is 0.478 e. The van der Waals surface area contributed by atoms with E-state index in [1.165, 1.54) is 38.5 Å². The fourth-order valence-electron chi connectivity index (χ4n) is 6.57. The van der Waals surface area contributed by atoms with Crippen molar-refractivity contribution in [3.63, 3.8) is 0 Å². The van der Waals surface area contributed by atoms with Gasteiger partial charge in [-0.25, -0.2) is 4.79 Å². The first-order valence-electron chi connectivity index (χ1n) is 8.66. The molecule has 2 unspecified atom stereocenters. The first-order chi connectivity index (χ1) is 10.8. The fourth-order valence-corrected chi connectivity index (χ4v) is 6.57. The smallest absolute Gasteiger partial charge is 0.336 e. The molecule has 4 fully saturated rings. The zero-order chi connectivity index (χ0) is 16.3. The normalized spacial score (nSPS) is 40.5. The summed E-state index contributed by atoms with van der Waals surface area (Å²) < 4.78 is 0. The minimum absolute atomic E-state index is 0.106. The van der Waals surface area contributed by atoms with Gasteiger partial charge in [0.15, 0.2) is 0 Å². The lowest BCUT2D eigenvalue weighted by Crippen LogP contribution is -2.54. The molecule has 4 bridgehead atoms. The molecule has 0 aromatic heterocycles. The predicted octanol–water partition coefficient (Wildman–Crippen LogP) is 4.73. The Bertz CT molecular complexity index is 718. The summed E-state index contributed by atoms with van der Waals surface area (Å²) in [5.41, 5.74) is 1.96. The van der Waals surface area contributed by atoms with E-state index in [2.05, 4.69) is 25.7 Å². The van der Waals surface area contributed by atoms with Crippen LogP contribution in [0.25, 0.3) is 0 Å². The Labute approximate surface area is 138 Å². The number of benzene rings is 1. The summed E-state index contributed by atoms with van der Waals surface area (Å²) >= 11 is 0. The molecule has 0 radical (unpaired) electrons. The van der Waals surface area contributed by atoms with Gasteiger partial charge in [0.2, 0.25) is 0 Å². The van der Waals surface area contributed by atoms with E-state index >= 15 is 0 Å². The molecular weight excluding hydrogens is 284 g/mol. The van der Waals surface area contributed by atoms with E-state index in [0.717, 1.165) is 5.92 Å². The first-order valence-corrected chi connectivity index (χ1v) is 8.66. The van der Waals surface area contributed by atoms with Crippen molar-refractivity contribution in [2.45, 2.75) is 52.4 Å². The van der Waals surface area contributed by atoms with Crippen LogP contribution in [0.15, 0.2) is 24.3 Å². The van der Waals surface area contributed by atoms with E-state index in [9.17, 15) is 9.90 Å². The highest BCUT2D eigenvalue weighted by Crippen LogP contribution is 2.69. The molecule has 4 aliphatic rings. The van der Waals surface area contributed by atoms with Crippen LogP contribution in [0.3, 0.4) is 0 Å². The summed E-state index contributed by atoms with van der Waals surface area (Å²) in [4.78, 5) is 11.4. The maximum absolute atomic E-state index is 11.4. The van der Waals surface area contributed by atoms with Gasteiger partial charge >= 0.3 is 5.97 Å². The van der Waals surface area contributed by atoms with E-state index in [4.69, 9.17) is 0 Å². The van der Waals surface area contributed by atoms with Gasteiger partial charge in [0.1, 0.15) is 0 Å². The quantitative estimate of drug-likeness (QED) is 0.761. The van der Waals surface area contributed by atoms with E-state index in [-0.39, 0.29) is 5.41 Å². The molecule has 0 heterocycles. The lowest BCUT2D eigenvalue weighted by Gasteiger charge is -2.64. The Balaban J connectivity index is 1.72. The van der Waals surface area contributed by atoms with Crippen molar-refractivity contribution in [2.24, 2.45) is 22.2 Å². The summed E-state index contributed by atoms with van der Waals surface area (Å²) in [6.07, 6.45) is 7.64. The number of rotatable bonds is 1. The van der Waals surface area contributed by atoms with Crippen LogP contribution in [0.4, 0.5) is 0 Å². The number of carboxylic acids is 1. The summed E-state index contributed by atoms with van der Waals surface area (Å²) in [6, 6.07) is 7.12. The van der Waals surface area contributed by atoms with Gasteiger partial charge in [-0.3, -0.25) is 0 Å². The Morgan fingerprint density at radius 3 is 2.35 bits per heavy atom. The van der Waals surface area contributed by atoms with Crippen molar-refractivity contribution in [1.29, 1.82) is 0 Å². The minimum atomic E-state index is -0.890. The molecule has 1 N–H and O–H groups in total. The minimum Gasteiger partial charge on any atom is -0.478 e. The molecule has 4 saturated carbocycles. The van der Waals surface area contributed by atoms with Crippen molar-refractivity contribution in [3.05, 3.63) is 35.4 Å². The maximum Gasteiger partial charge on any atom is 0.336 e. The zero-order valence-electron chi connectivity index (χ0n) is 14.0.